The lowest BCUT2D eigenvalue weighted by Gasteiger charge is -2.15. The first-order valence-corrected chi connectivity index (χ1v) is 7.87. The summed E-state index contributed by atoms with van der Waals surface area (Å²) >= 11 is 5.66. The summed E-state index contributed by atoms with van der Waals surface area (Å²) in [7, 11) is 1.85. The molecule has 2 nitrogen and oxygen atoms in total. The number of halogens is 1. The number of aliphatic hydroxyl groups excluding tert-OH is 1. The lowest BCUT2D eigenvalue weighted by Crippen LogP contribution is -2.16. The van der Waals surface area contributed by atoms with Gasteiger partial charge in [-0.25, -0.2) is 0 Å². The van der Waals surface area contributed by atoms with Crippen molar-refractivity contribution in [2.24, 2.45) is 0 Å². The summed E-state index contributed by atoms with van der Waals surface area (Å²) in [6.45, 7) is 0.588. The van der Waals surface area contributed by atoms with E-state index in [1.807, 2.05) is 24.9 Å². The van der Waals surface area contributed by atoms with E-state index >= 15 is 0 Å². The summed E-state index contributed by atoms with van der Waals surface area (Å²) in [4.78, 5) is 0. The SMILES string of the molecule is CNCC(O)c1ccc(C2CCSC2)c(Br)c1. The maximum atomic E-state index is 9.91. The molecule has 0 bridgehead atoms. The van der Waals surface area contributed by atoms with Crippen molar-refractivity contribution in [3.8, 4) is 0 Å². The highest BCUT2D eigenvalue weighted by Crippen LogP contribution is 2.36. The molecule has 2 rings (SSSR count). The molecule has 0 aliphatic carbocycles. The van der Waals surface area contributed by atoms with Crippen molar-refractivity contribution in [2.45, 2.75) is 18.4 Å². The molecule has 1 heterocycles. The van der Waals surface area contributed by atoms with Gasteiger partial charge in [0.2, 0.25) is 0 Å². The van der Waals surface area contributed by atoms with E-state index < -0.39 is 6.10 Å². The average molecular weight is 316 g/mol. The lowest BCUT2D eigenvalue weighted by molar-refractivity contribution is 0.177. The van der Waals surface area contributed by atoms with E-state index in [2.05, 4.69) is 33.4 Å². The number of benzene rings is 1. The molecule has 2 atom stereocenters. The fourth-order valence-electron chi connectivity index (χ4n) is 2.17. The van der Waals surface area contributed by atoms with E-state index in [4.69, 9.17) is 0 Å². The monoisotopic (exact) mass is 315 g/mol. The average Bonchev–Trinajstić information content (AvgIpc) is 2.82. The molecule has 0 amide bonds. The minimum atomic E-state index is -0.427. The Kier molecular flexibility index (Phi) is 4.91. The van der Waals surface area contributed by atoms with Crippen LogP contribution in [0, 0.1) is 0 Å². The smallest absolute Gasteiger partial charge is 0.0914 e. The maximum Gasteiger partial charge on any atom is 0.0914 e. The standard InChI is InChI=1S/C13H18BrNOS/c1-15-7-13(16)9-2-3-11(12(14)6-9)10-4-5-17-8-10/h2-3,6,10,13,15-16H,4-5,7-8H2,1H3. The number of hydrogen-bond acceptors (Lipinski definition) is 3. The Morgan fingerprint density at radius 3 is 3.00 bits per heavy atom. The molecule has 0 spiro atoms. The van der Waals surface area contributed by atoms with Gasteiger partial charge in [-0.1, -0.05) is 28.1 Å². The lowest BCUT2D eigenvalue weighted by atomic mass is 9.96. The Hall–Kier alpha value is -0.0300. The summed E-state index contributed by atoms with van der Waals surface area (Å²) in [5.74, 6) is 3.16. The molecule has 2 unspecified atom stereocenters. The molecule has 1 saturated heterocycles. The van der Waals surface area contributed by atoms with Crippen LogP contribution in [0.25, 0.3) is 0 Å². The number of aliphatic hydroxyl groups is 1. The van der Waals surface area contributed by atoms with Crippen LogP contribution in [0.15, 0.2) is 22.7 Å². The number of likely N-dealkylation sites (N-methyl/N-ethyl adjacent to an activating group) is 1. The predicted molar refractivity (Wildman–Crippen MR) is 77.7 cm³/mol. The Balaban J connectivity index is 2.16. The maximum absolute atomic E-state index is 9.91. The third-order valence-corrected chi connectivity index (χ3v) is 5.03. The fourth-order valence-corrected chi connectivity index (χ4v) is 4.14. The first-order valence-electron chi connectivity index (χ1n) is 5.92. The van der Waals surface area contributed by atoms with Crippen LogP contribution in [0.2, 0.25) is 0 Å². The molecule has 2 N–H and O–H groups in total. The predicted octanol–water partition coefficient (Wildman–Crippen LogP) is 2.92. The summed E-state index contributed by atoms with van der Waals surface area (Å²) < 4.78 is 1.14. The van der Waals surface area contributed by atoms with E-state index in [0.29, 0.717) is 12.5 Å². The van der Waals surface area contributed by atoms with Gasteiger partial charge in [-0.3, -0.25) is 0 Å². The van der Waals surface area contributed by atoms with Crippen molar-refractivity contribution in [3.63, 3.8) is 0 Å². The van der Waals surface area contributed by atoms with Gasteiger partial charge in [-0.2, -0.15) is 11.8 Å². The van der Waals surface area contributed by atoms with Gasteiger partial charge in [0.05, 0.1) is 6.10 Å². The molecule has 1 aliphatic heterocycles. The highest BCUT2D eigenvalue weighted by Gasteiger charge is 2.20. The highest BCUT2D eigenvalue weighted by molar-refractivity contribution is 9.10. The molecule has 94 valence electrons. The van der Waals surface area contributed by atoms with E-state index in [9.17, 15) is 5.11 Å². The summed E-state index contributed by atoms with van der Waals surface area (Å²) in [5, 5.41) is 12.9. The zero-order valence-corrected chi connectivity index (χ0v) is 12.4. The second kappa shape index (κ2) is 6.23. The number of thioether (sulfide) groups is 1. The van der Waals surface area contributed by atoms with Gasteiger partial charge in [0.15, 0.2) is 0 Å². The van der Waals surface area contributed by atoms with Crippen LogP contribution in [-0.4, -0.2) is 30.2 Å². The topological polar surface area (TPSA) is 32.3 Å². The number of rotatable bonds is 4. The van der Waals surface area contributed by atoms with Crippen LogP contribution in [0.4, 0.5) is 0 Å². The second-order valence-corrected chi connectivity index (χ2v) is 6.42. The van der Waals surface area contributed by atoms with Crippen molar-refractivity contribution in [3.05, 3.63) is 33.8 Å². The highest BCUT2D eigenvalue weighted by atomic mass is 79.9. The van der Waals surface area contributed by atoms with Gasteiger partial charge in [-0.05, 0) is 42.3 Å². The molecular weight excluding hydrogens is 298 g/mol. The molecule has 17 heavy (non-hydrogen) atoms. The van der Waals surface area contributed by atoms with Crippen molar-refractivity contribution in [1.29, 1.82) is 0 Å². The van der Waals surface area contributed by atoms with Crippen LogP contribution in [0.3, 0.4) is 0 Å². The van der Waals surface area contributed by atoms with E-state index in [0.717, 1.165) is 10.0 Å². The van der Waals surface area contributed by atoms with Crippen LogP contribution < -0.4 is 5.32 Å². The van der Waals surface area contributed by atoms with Crippen molar-refractivity contribution >= 4 is 27.7 Å². The Morgan fingerprint density at radius 1 is 1.59 bits per heavy atom. The van der Waals surface area contributed by atoms with E-state index in [1.54, 1.807) is 0 Å². The number of nitrogens with one attached hydrogen (secondary N) is 1. The molecule has 0 saturated carbocycles. The Labute approximate surface area is 115 Å². The molecule has 1 aromatic carbocycles. The quantitative estimate of drug-likeness (QED) is 0.896. The zero-order chi connectivity index (χ0) is 12.3. The molecule has 1 aromatic rings. The molecule has 4 heteroatoms. The van der Waals surface area contributed by atoms with Crippen LogP contribution >= 0.6 is 27.7 Å². The summed E-state index contributed by atoms with van der Waals surface area (Å²) in [6, 6.07) is 6.26. The third-order valence-electron chi connectivity index (χ3n) is 3.18. The van der Waals surface area contributed by atoms with Crippen molar-refractivity contribution in [1.82, 2.24) is 5.32 Å². The first-order chi connectivity index (χ1) is 8.22. The van der Waals surface area contributed by atoms with Crippen LogP contribution in [-0.2, 0) is 0 Å². The Morgan fingerprint density at radius 2 is 2.41 bits per heavy atom. The largest absolute Gasteiger partial charge is 0.387 e. The summed E-state index contributed by atoms with van der Waals surface area (Å²) in [6.07, 6.45) is 0.838. The number of hydrogen-bond donors (Lipinski definition) is 2. The molecule has 1 aliphatic rings. The first kappa shape index (κ1) is 13.4. The van der Waals surface area contributed by atoms with Crippen LogP contribution in [0.1, 0.15) is 29.6 Å². The molecule has 0 radical (unpaired) electrons. The van der Waals surface area contributed by atoms with Gasteiger partial charge >= 0.3 is 0 Å². The van der Waals surface area contributed by atoms with Crippen LogP contribution in [0.5, 0.6) is 0 Å². The van der Waals surface area contributed by atoms with Crippen molar-refractivity contribution < 1.29 is 5.11 Å². The molecule has 1 fully saturated rings. The molecular formula is C13H18BrNOS. The van der Waals surface area contributed by atoms with Gasteiger partial charge in [0.25, 0.3) is 0 Å². The van der Waals surface area contributed by atoms with Gasteiger partial charge < -0.3 is 10.4 Å². The fraction of sp³-hybridized carbons (Fsp3) is 0.538. The Bertz CT molecular complexity index is 380. The van der Waals surface area contributed by atoms with E-state index in [-0.39, 0.29) is 0 Å². The third kappa shape index (κ3) is 3.25. The minimum absolute atomic E-state index is 0.427. The van der Waals surface area contributed by atoms with Gasteiger partial charge in [-0.15, -0.1) is 0 Å². The minimum Gasteiger partial charge on any atom is -0.387 e. The normalized spacial score (nSPS) is 21.7. The second-order valence-electron chi connectivity index (χ2n) is 4.41. The zero-order valence-electron chi connectivity index (χ0n) is 9.95. The molecule has 0 aromatic heterocycles. The van der Waals surface area contributed by atoms with E-state index in [1.165, 1.54) is 23.5 Å². The summed E-state index contributed by atoms with van der Waals surface area (Å²) in [5.41, 5.74) is 2.36. The van der Waals surface area contributed by atoms with Gasteiger partial charge in [0.1, 0.15) is 0 Å². The van der Waals surface area contributed by atoms with Gasteiger partial charge in [0, 0.05) is 16.8 Å². The van der Waals surface area contributed by atoms with Crippen molar-refractivity contribution in [2.75, 3.05) is 25.1 Å².